The number of anilines is 1. The van der Waals surface area contributed by atoms with Crippen LogP contribution in [-0.2, 0) is 24.2 Å². The predicted molar refractivity (Wildman–Crippen MR) is 120 cm³/mol. The molecule has 0 fully saturated rings. The highest BCUT2D eigenvalue weighted by molar-refractivity contribution is 7.17. The lowest BCUT2D eigenvalue weighted by molar-refractivity contribution is 0.0526. The van der Waals surface area contributed by atoms with Crippen LogP contribution in [0.1, 0.15) is 56.9 Å². The minimum atomic E-state index is -0.423. The summed E-state index contributed by atoms with van der Waals surface area (Å²) in [6.45, 7) is 2.39. The van der Waals surface area contributed by atoms with Crippen LogP contribution in [0.5, 0.6) is 17.2 Å². The molecule has 1 aliphatic heterocycles. The zero-order valence-electron chi connectivity index (χ0n) is 18.1. The Morgan fingerprint density at radius 1 is 1.09 bits per heavy atom. The van der Waals surface area contributed by atoms with Crippen molar-refractivity contribution in [1.29, 1.82) is 0 Å². The predicted octanol–water partition coefficient (Wildman–Crippen LogP) is 4.96. The lowest BCUT2D eigenvalue weighted by Gasteiger charge is -2.12. The number of hydrogen-bond acceptors (Lipinski definition) is 8. The van der Waals surface area contributed by atoms with Gasteiger partial charge in [-0.2, -0.15) is 0 Å². The highest BCUT2D eigenvalue weighted by atomic mass is 32.1. The first-order chi connectivity index (χ1) is 16.1. The molecule has 1 aliphatic carbocycles. The highest BCUT2D eigenvalue weighted by Gasteiger charge is 2.28. The zero-order chi connectivity index (χ0) is 22.8. The number of fused-ring (bicyclic) bond motifs is 2. The van der Waals surface area contributed by atoms with Crippen LogP contribution in [0, 0.1) is 0 Å². The van der Waals surface area contributed by atoms with Gasteiger partial charge in [0.15, 0.2) is 17.3 Å². The molecule has 2 aromatic heterocycles. The van der Waals surface area contributed by atoms with E-state index < -0.39 is 11.9 Å². The van der Waals surface area contributed by atoms with Gasteiger partial charge in [0.2, 0.25) is 6.79 Å². The first kappa shape index (κ1) is 21.4. The average Bonchev–Trinajstić information content (AvgIpc) is 3.55. The van der Waals surface area contributed by atoms with Crippen molar-refractivity contribution in [3.05, 3.63) is 57.9 Å². The third kappa shape index (κ3) is 4.41. The molecule has 1 amide bonds. The summed E-state index contributed by atoms with van der Waals surface area (Å²) in [6, 6.07) is 8.58. The second kappa shape index (κ2) is 9.19. The van der Waals surface area contributed by atoms with Crippen LogP contribution in [-0.4, -0.2) is 25.3 Å². The van der Waals surface area contributed by atoms with Crippen molar-refractivity contribution >= 4 is 28.2 Å². The summed E-state index contributed by atoms with van der Waals surface area (Å²) in [5.74, 6) is 1.72. The number of esters is 1. The van der Waals surface area contributed by atoms with Crippen LogP contribution in [0.2, 0.25) is 0 Å². The first-order valence-electron chi connectivity index (χ1n) is 10.9. The van der Waals surface area contributed by atoms with Crippen LogP contribution in [0.25, 0.3) is 0 Å². The largest absolute Gasteiger partial charge is 0.486 e. The molecule has 33 heavy (non-hydrogen) atoms. The fourth-order valence-corrected chi connectivity index (χ4v) is 5.21. The zero-order valence-corrected chi connectivity index (χ0v) is 18.9. The van der Waals surface area contributed by atoms with Crippen LogP contribution in [0.15, 0.2) is 34.7 Å². The van der Waals surface area contributed by atoms with Gasteiger partial charge in [0, 0.05) is 10.9 Å². The molecule has 0 unspecified atom stereocenters. The molecule has 1 N–H and O–H groups in total. The number of hydrogen-bond donors (Lipinski definition) is 1. The maximum atomic E-state index is 12.9. The number of amides is 1. The van der Waals surface area contributed by atoms with E-state index in [1.807, 2.05) is 0 Å². The lowest BCUT2D eigenvalue weighted by atomic mass is 9.95. The van der Waals surface area contributed by atoms with Gasteiger partial charge in [-0.05, 0) is 62.4 Å². The molecule has 5 rings (SSSR count). The van der Waals surface area contributed by atoms with Crippen molar-refractivity contribution in [2.75, 3.05) is 18.7 Å². The minimum absolute atomic E-state index is 0.139. The van der Waals surface area contributed by atoms with Gasteiger partial charge in [0.25, 0.3) is 5.91 Å². The van der Waals surface area contributed by atoms with Gasteiger partial charge in [-0.1, -0.05) is 0 Å². The van der Waals surface area contributed by atoms with Crippen molar-refractivity contribution in [3.8, 4) is 17.2 Å². The van der Waals surface area contributed by atoms with E-state index in [1.165, 1.54) is 11.3 Å². The normalized spacial score (nSPS) is 14.0. The number of carbonyl (C=O) groups is 2. The number of thiophene rings is 1. The Bertz CT molecular complexity index is 1200. The van der Waals surface area contributed by atoms with E-state index in [-0.39, 0.29) is 25.8 Å². The fraction of sp³-hybridized carbons (Fsp3) is 0.333. The van der Waals surface area contributed by atoms with E-state index in [9.17, 15) is 9.59 Å². The minimum Gasteiger partial charge on any atom is -0.486 e. The molecule has 0 saturated heterocycles. The van der Waals surface area contributed by atoms with E-state index in [1.54, 1.807) is 37.3 Å². The highest BCUT2D eigenvalue weighted by Crippen LogP contribution is 2.39. The number of rotatable bonds is 7. The SMILES string of the molecule is CCOC(=O)c1c(NC(=O)c2ccc(COc3ccc4c(c3)OCO4)o2)sc2c1CCCC2. The molecule has 0 spiro atoms. The molecule has 2 aliphatic rings. The Morgan fingerprint density at radius 2 is 1.94 bits per heavy atom. The Hall–Kier alpha value is -3.46. The van der Waals surface area contributed by atoms with Crippen molar-refractivity contribution in [2.45, 2.75) is 39.2 Å². The molecule has 3 aromatic rings. The summed E-state index contributed by atoms with van der Waals surface area (Å²) in [5, 5.41) is 3.37. The van der Waals surface area contributed by atoms with Crippen LogP contribution >= 0.6 is 11.3 Å². The smallest absolute Gasteiger partial charge is 0.341 e. The number of nitrogens with one attached hydrogen (secondary N) is 1. The number of benzene rings is 1. The molecule has 0 bridgehead atoms. The van der Waals surface area contributed by atoms with Crippen LogP contribution in [0.3, 0.4) is 0 Å². The molecule has 0 radical (unpaired) electrons. The topological polar surface area (TPSA) is 96.2 Å². The van der Waals surface area contributed by atoms with Crippen molar-refractivity contribution in [1.82, 2.24) is 0 Å². The Labute approximate surface area is 194 Å². The van der Waals surface area contributed by atoms with E-state index in [4.69, 9.17) is 23.4 Å². The van der Waals surface area contributed by atoms with Gasteiger partial charge in [-0.25, -0.2) is 4.79 Å². The molecule has 172 valence electrons. The quantitative estimate of drug-likeness (QED) is 0.489. The molecule has 8 nitrogen and oxygen atoms in total. The number of aryl methyl sites for hydroxylation is 1. The summed E-state index contributed by atoms with van der Waals surface area (Å²) >= 11 is 1.44. The first-order valence-corrected chi connectivity index (χ1v) is 11.7. The summed E-state index contributed by atoms with van der Waals surface area (Å²) in [4.78, 5) is 26.6. The Morgan fingerprint density at radius 3 is 2.82 bits per heavy atom. The van der Waals surface area contributed by atoms with Crippen molar-refractivity contribution in [3.63, 3.8) is 0 Å². The summed E-state index contributed by atoms with van der Waals surface area (Å²) in [5.41, 5.74) is 1.47. The molecule has 3 heterocycles. The van der Waals surface area contributed by atoms with Crippen LogP contribution < -0.4 is 19.5 Å². The van der Waals surface area contributed by atoms with Gasteiger partial charge < -0.3 is 28.7 Å². The second-order valence-corrected chi connectivity index (χ2v) is 8.76. The molecule has 0 saturated carbocycles. The van der Waals surface area contributed by atoms with Gasteiger partial charge in [-0.15, -0.1) is 11.3 Å². The van der Waals surface area contributed by atoms with Gasteiger partial charge in [-0.3, -0.25) is 4.79 Å². The van der Waals surface area contributed by atoms with Gasteiger partial charge in [0.1, 0.15) is 23.1 Å². The number of furan rings is 1. The molecule has 1 aromatic carbocycles. The number of ether oxygens (including phenoxy) is 4. The maximum Gasteiger partial charge on any atom is 0.341 e. The summed E-state index contributed by atoms with van der Waals surface area (Å²) in [7, 11) is 0. The Balaban J connectivity index is 1.27. The van der Waals surface area contributed by atoms with Crippen molar-refractivity contribution < 1.29 is 33.0 Å². The van der Waals surface area contributed by atoms with E-state index in [0.29, 0.717) is 33.6 Å². The standard InChI is InChI=1S/C24H23NO7S/c1-2-28-24(27)21-16-5-3-4-6-20(16)33-23(21)25-22(26)18-10-8-15(32-18)12-29-14-7-9-17-19(11-14)31-13-30-17/h7-11H,2-6,12-13H2,1H3,(H,25,26). The molecular formula is C24H23NO7S. The second-order valence-electron chi connectivity index (χ2n) is 7.66. The van der Waals surface area contributed by atoms with E-state index >= 15 is 0 Å². The monoisotopic (exact) mass is 469 g/mol. The van der Waals surface area contributed by atoms with E-state index in [0.717, 1.165) is 36.1 Å². The third-order valence-corrected chi connectivity index (χ3v) is 6.70. The number of carbonyl (C=O) groups excluding carboxylic acids is 2. The van der Waals surface area contributed by atoms with E-state index in [2.05, 4.69) is 5.32 Å². The molecule has 0 atom stereocenters. The molecule has 9 heteroatoms. The summed E-state index contributed by atoms with van der Waals surface area (Å²) < 4.78 is 27.3. The average molecular weight is 470 g/mol. The molecular weight excluding hydrogens is 446 g/mol. The van der Waals surface area contributed by atoms with Gasteiger partial charge >= 0.3 is 5.97 Å². The fourth-order valence-electron chi connectivity index (χ4n) is 3.94. The summed E-state index contributed by atoms with van der Waals surface area (Å²) in [6.07, 6.45) is 3.82. The lowest BCUT2D eigenvalue weighted by Crippen LogP contribution is -2.15. The third-order valence-electron chi connectivity index (χ3n) is 5.49. The van der Waals surface area contributed by atoms with Gasteiger partial charge in [0.05, 0.1) is 12.2 Å². The Kier molecular flexibility index (Phi) is 5.95. The maximum absolute atomic E-state index is 12.9. The van der Waals surface area contributed by atoms with Crippen molar-refractivity contribution in [2.24, 2.45) is 0 Å². The van der Waals surface area contributed by atoms with Crippen LogP contribution in [0.4, 0.5) is 5.00 Å².